The van der Waals surface area contributed by atoms with Gasteiger partial charge in [0.2, 0.25) is 0 Å². The Bertz CT molecular complexity index is 386. The molecule has 1 saturated heterocycles. The first-order chi connectivity index (χ1) is 8.09. The maximum absolute atomic E-state index is 6.22. The monoisotopic (exact) mass is 253 g/mol. The Morgan fingerprint density at radius 1 is 1.47 bits per heavy atom. The van der Waals surface area contributed by atoms with Crippen molar-refractivity contribution in [1.29, 1.82) is 0 Å². The van der Waals surface area contributed by atoms with Gasteiger partial charge in [0, 0.05) is 23.7 Å². The van der Waals surface area contributed by atoms with Crippen LogP contribution in [0.15, 0.2) is 18.2 Å². The Kier molecular flexibility index (Phi) is 4.08. The van der Waals surface area contributed by atoms with E-state index in [1.807, 2.05) is 6.07 Å². The lowest BCUT2D eigenvalue weighted by Crippen LogP contribution is -2.48. The van der Waals surface area contributed by atoms with Crippen LogP contribution in [0.25, 0.3) is 0 Å². The fourth-order valence-corrected chi connectivity index (χ4v) is 2.48. The molecule has 0 spiro atoms. The third-order valence-corrected chi connectivity index (χ3v) is 3.70. The minimum Gasteiger partial charge on any atom is -0.380 e. The van der Waals surface area contributed by atoms with Gasteiger partial charge in [-0.05, 0) is 43.9 Å². The van der Waals surface area contributed by atoms with Gasteiger partial charge in [-0.15, -0.1) is 0 Å². The molecule has 1 unspecified atom stereocenters. The van der Waals surface area contributed by atoms with Crippen LogP contribution < -0.4 is 5.32 Å². The van der Waals surface area contributed by atoms with E-state index in [0.717, 1.165) is 43.2 Å². The van der Waals surface area contributed by atoms with Crippen molar-refractivity contribution in [1.82, 2.24) is 5.32 Å². The summed E-state index contributed by atoms with van der Waals surface area (Å²) in [5.74, 6) is 0. The zero-order valence-electron chi connectivity index (χ0n) is 10.6. The van der Waals surface area contributed by atoms with Crippen LogP contribution in [0.5, 0.6) is 0 Å². The van der Waals surface area contributed by atoms with Crippen LogP contribution in [-0.2, 0) is 11.3 Å². The second-order valence-electron chi connectivity index (χ2n) is 5.17. The van der Waals surface area contributed by atoms with Gasteiger partial charge in [0.15, 0.2) is 0 Å². The highest BCUT2D eigenvalue weighted by Gasteiger charge is 2.26. The van der Waals surface area contributed by atoms with Crippen molar-refractivity contribution in [2.24, 2.45) is 0 Å². The summed E-state index contributed by atoms with van der Waals surface area (Å²) >= 11 is 6.22. The summed E-state index contributed by atoms with van der Waals surface area (Å²) in [6.45, 7) is 6.76. The highest BCUT2D eigenvalue weighted by atomic mass is 35.5. The van der Waals surface area contributed by atoms with Gasteiger partial charge in [-0.1, -0.05) is 23.7 Å². The number of halogens is 1. The molecule has 1 aliphatic rings. The number of hydrogen-bond acceptors (Lipinski definition) is 2. The largest absolute Gasteiger partial charge is 0.380 e. The third kappa shape index (κ3) is 3.44. The zero-order valence-corrected chi connectivity index (χ0v) is 11.3. The number of ether oxygens (including phenoxy) is 1. The lowest BCUT2D eigenvalue weighted by molar-refractivity contribution is 0.0278. The van der Waals surface area contributed by atoms with Crippen LogP contribution in [0.4, 0.5) is 0 Å². The molecule has 1 atom stereocenters. The molecule has 1 fully saturated rings. The van der Waals surface area contributed by atoms with Gasteiger partial charge in [-0.2, -0.15) is 0 Å². The van der Waals surface area contributed by atoms with Crippen LogP contribution in [0.3, 0.4) is 0 Å². The summed E-state index contributed by atoms with van der Waals surface area (Å²) in [6, 6.07) is 6.21. The Labute approximate surface area is 108 Å². The molecule has 0 amide bonds. The van der Waals surface area contributed by atoms with Crippen molar-refractivity contribution in [3.63, 3.8) is 0 Å². The Morgan fingerprint density at radius 3 is 2.94 bits per heavy atom. The van der Waals surface area contributed by atoms with E-state index in [1.54, 1.807) is 0 Å². The molecule has 1 aromatic carbocycles. The zero-order chi connectivity index (χ0) is 12.3. The van der Waals surface area contributed by atoms with Crippen LogP contribution in [0.2, 0.25) is 5.02 Å². The molecule has 3 heteroatoms. The topological polar surface area (TPSA) is 21.3 Å². The minimum absolute atomic E-state index is 0.0897. The fourth-order valence-electron chi connectivity index (χ4n) is 2.18. The Morgan fingerprint density at radius 2 is 2.29 bits per heavy atom. The standard InChI is InChI=1S/C14H20ClNO/c1-11-4-5-12(13(15)8-11)9-16-14(2)6-3-7-17-10-14/h4-5,8,16H,3,6-7,9-10H2,1-2H3. The average molecular weight is 254 g/mol. The van der Waals surface area contributed by atoms with Gasteiger partial charge in [0.1, 0.15) is 0 Å². The Balaban J connectivity index is 1.97. The van der Waals surface area contributed by atoms with Gasteiger partial charge in [-0.25, -0.2) is 0 Å². The number of aryl methyl sites for hydroxylation is 1. The normalized spacial score (nSPS) is 24.9. The molecular weight excluding hydrogens is 234 g/mol. The summed E-state index contributed by atoms with van der Waals surface area (Å²) in [5, 5.41) is 4.41. The van der Waals surface area contributed by atoms with E-state index in [1.165, 1.54) is 5.56 Å². The van der Waals surface area contributed by atoms with Crippen LogP contribution in [0.1, 0.15) is 30.9 Å². The van der Waals surface area contributed by atoms with Crippen molar-refractivity contribution in [2.75, 3.05) is 13.2 Å². The molecule has 0 bridgehead atoms. The first-order valence-corrected chi connectivity index (χ1v) is 6.55. The quantitative estimate of drug-likeness (QED) is 0.893. The molecule has 17 heavy (non-hydrogen) atoms. The molecule has 94 valence electrons. The molecule has 1 aromatic rings. The molecule has 0 radical (unpaired) electrons. The van der Waals surface area contributed by atoms with Crippen LogP contribution in [-0.4, -0.2) is 18.8 Å². The van der Waals surface area contributed by atoms with Crippen LogP contribution >= 0.6 is 11.6 Å². The van der Waals surface area contributed by atoms with E-state index in [2.05, 4.69) is 31.3 Å². The van der Waals surface area contributed by atoms with E-state index < -0.39 is 0 Å². The summed E-state index contributed by atoms with van der Waals surface area (Å²) in [6.07, 6.45) is 2.29. The molecule has 2 rings (SSSR count). The highest BCUT2D eigenvalue weighted by molar-refractivity contribution is 6.31. The van der Waals surface area contributed by atoms with E-state index in [4.69, 9.17) is 16.3 Å². The number of nitrogens with one attached hydrogen (secondary N) is 1. The van der Waals surface area contributed by atoms with E-state index >= 15 is 0 Å². The lowest BCUT2D eigenvalue weighted by Gasteiger charge is -2.34. The molecule has 0 aliphatic carbocycles. The Hall–Kier alpha value is -0.570. The lowest BCUT2D eigenvalue weighted by atomic mass is 9.94. The van der Waals surface area contributed by atoms with Crippen LogP contribution in [0, 0.1) is 6.92 Å². The second-order valence-corrected chi connectivity index (χ2v) is 5.57. The van der Waals surface area contributed by atoms with Gasteiger partial charge in [0.25, 0.3) is 0 Å². The van der Waals surface area contributed by atoms with Crippen molar-refractivity contribution < 1.29 is 4.74 Å². The molecular formula is C14H20ClNO. The predicted octanol–water partition coefficient (Wildman–Crippen LogP) is 3.31. The van der Waals surface area contributed by atoms with Gasteiger partial charge >= 0.3 is 0 Å². The van der Waals surface area contributed by atoms with E-state index in [9.17, 15) is 0 Å². The molecule has 2 nitrogen and oxygen atoms in total. The SMILES string of the molecule is Cc1ccc(CNC2(C)CCCOC2)c(Cl)c1. The predicted molar refractivity (Wildman–Crippen MR) is 71.5 cm³/mol. The average Bonchev–Trinajstić information content (AvgIpc) is 2.29. The molecule has 1 N–H and O–H groups in total. The molecule has 1 aliphatic heterocycles. The fraction of sp³-hybridized carbons (Fsp3) is 0.571. The maximum atomic E-state index is 6.22. The van der Waals surface area contributed by atoms with Crippen molar-refractivity contribution in [3.05, 3.63) is 34.3 Å². The van der Waals surface area contributed by atoms with E-state index in [0.29, 0.717) is 0 Å². The van der Waals surface area contributed by atoms with Crippen molar-refractivity contribution >= 4 is 11.6 Å². The number of benzene rings is 1. The molecule has 1 heterocycles. The van der Waals surface area contributed by atoms with Gasteiger partial charge < -0.3 is 10.1 Å². The van der Waals surface area contributed by atoms with Gasteiger partial charge in [-0.3, -0.25) is 0 Å². The minimum atomic E-state index is 0.0897. The molecule has 0 aromatic heterocycles. The van der Waals surface area contributed by atoms with Crippen molar-refractivity contribution in [3.8, 4) is 0 Å². The summed E-state index contributed by atoms with van der Waals surface area (Å²) in [7, 11) is 0. The van der Waals surface area contributed by atoms with Crippen molar-refractivity contribution in [2.45, 2.75) is 38.8 Å². The maximum Gasteiger partial charge on any atom is 0.0645 e. The summed E-state index contributed by atoms with van der Waals surface area (Å²) in [4.78, 5) is 0. The summed E-state index contributed by atoms with van der Waals surface area (Å²) in [5.41, 5.74) is 2.45. The first kappa shape index (κ1) is 12.9. The number of hydrogen-bond donors (Lipinski definition) is 1. The highest BCUT2D eigenvalue weighted by Crippen LogP contribution is 2.21. The second kappa shape index (κ2) is 5.38. The molecule has 0 saturated carbocycles. The third-order valence-electron chi connectivity index (χ3n) is 3.35. The number of rotatable bonds is 3. The first-order valence-electron chi connectivity index (χ1n) is 6.17. The smallest absolute Gasteiger partial charge is 0.0645 e. The summed E-state index contributed by atoms with van der Waals surface area (Å²) < 4.78 is 5.53. The van der Waals surface area contributed by atoms with Gasteiger partial charge in [0.05, 0.1) is 6.61 Å². The van der Waals surface area contributed by atoms with E-state index in [-0.39, 0.29) is 5.54 Å².